The van der Waals surface area contributed by atoms with Crippen molar-refractivity contribution in [3.8, 4) is 0 Å². The molecule has 0 amide bonds. The molecule has 0 aliphatic carbocycles. The van der Waals surface area contributed by atoms with Crippen LogP contribution in [0.3, 0.4) is 0 Å². The van der Waals surface area contributed by atoms with Gasteiger partial charge in [0.15, 0.2) is 0 Å². The zero-order valence-corrected chi connectivity index (χ0v) is 4.53. The van der Waals surface area contributed by atoms with Crippen molar-refractivity contribution in [3.63, 3.8) is 0 Å². The number of hydrogen-bond acceptors (Lipinski definition) is 1. The zero-order chi connectivity index (χ0) is 4.28. The third kappa shape index (κ3) is 4.33. The Bertz CT molecular complexity index is 44.9. The molecule has 0 aliphatic rings. The second-order valence-electron chi connectivity index (χ2n) is 0.489. The van der Waals surface area contributed by atoms with E-state index in [0.29, 0.717) is 0 Å². The first-order valence-corrected chi connectivity index (χ1v) is 2.54. The number of halogens is 2. The van der Waals surface area contributed by atoms with Crippen molar-refractivity contribution in [2.75, 3.05) is 4.43 Å². The van der Waals surface area contributed by atoms with Crippen molar-refractivity contribution < 1.29 is 9.18 Å². The molecule has 0 radical (unpaired) electrons. The summed E-state index contributed by atoms with van der Waals surface area (Å²) in [5, 5.41) is 0. The molecule has 0 N–H and O–H groups in total. The van der Waals surface area contributed by atoms with E-state index in [1.165, 1.54) is 0 Å². The molecule has 30 valence electrons. The largest absolute Gasteiger partial charge is 0.311 e. The van der Waals surface area contributed by atoms with E-state index in [1.54, 1.807) is 22.6 Å². The topological polar surface area (TPSA) is 17.1 Å². The third-order valence-corrected chi connectivity index (χ3v) is 0.705. The van der Waals surface area contributed by atoms with E-state index in [0.717, 1.165) is 0 Å². The molecule has 0 rings (SSSR count). The van der Waals surface area contributed by atoms with Crippen LogP contribution >= 0.6 is 22.6 Å². The fraction of sp³-hybridized carbons (Fsp3) is 0.500. The second kappa shape index (κ2) is 2.56. The Morgan fingerprint density at radius 1 is 2.00 bits per heavy atom. The molecule has 0 aromatic carbocycles. The van der Waals surface area contributed by atoms with Crippen LogP contribution in [0.4, 0.5) is 4.39 Å². The summed E-state index contributed by atoms with van der Waals surface area (Å²) in [6.07, 6.45) is 0. The Morgan fingerprint density at radius 3 is 2.20 bits per heavy atom. The van der Waals surface area contributed by atoms with Gasteiger partial charge in [0.25, 0.3) is 0 Å². The van der Waals surface area contributed by atoms with Gasteiger partial charge in [0.05, 0.1) is 4.43 Å². The predicted molar refractivity (Wildman–Crippen MR) is 25.0 cm³/mol. The maximum absolute atomic E-state index is 10.8. The van der Waals surface area contributed by atoms with Gasteiger partial charge in [-0.3, -0.25) is 4.79 Å². The minimum Gasteiger partial charge on any atom is -0.260 e. The van der Waals surface area contributed by atoms with E-state index in [9.17, 15) is 4.39 Å². The van der Waals surface area contributed by atoms with E-state index in [-0.39, 0.29) is 4.43 Å². The standard InChI is InChI=1S/C2H2FIO/c3-2(5)1-4/h1H2. The number of carbonyl (C=O) groups excluding carboxylic acids is 1. The molecule has 0 aromatic rings. The van der Waals surface area contributed by atoms with Gasteiger partial charge in [0, 0.05) is 0 Å². The van der Waals surface area contributed by atoms with E-state index in [2.05, 4.69) is 0 Å². The summed E-state index contributed by atoms with van der Waals surface area (Å²) in [6.45, 7) is 0. The maximum atomic E-state index is 10.8. The molecule has 0 heterocycles. The first-order chi connectivity index (χ1) is 2.27. The molecule has 0 unspecified atom stereocenters. The molecule has 0 atom stereocenters. The Hall–Kier alpha value is 0.330. The molecule has 0 fully saturated rings. The first-order valence-electron chi connectivity index (χ1n) is 1.01. The molecule has 0 aromatic heterocycles. The van der Waals surface area contributed by atoms with Crippen LogP contribution in [-0.2, 0) is 4.79 Å². The number of alkyl halides is 1. The lowest BCUT2D eigenvalue weighted by Gasteiger charge is -1.64. The minimum absolute atomic E-state index is 0.0300. The summed E-state index contributed by atoms with van der Waals surface area (Å²) >= 11 is 1.65. The summed E-state index contributed by atoms with van der Waals surface area (Å²) < 4.78 is 10.8. The Balaban J connectivity index is 2.85. The molecule has 0 saturated heterocycles. The SMILES string of the molecule is O=C(F)CI. The van der Waals surface area contributed by atoms with Crippen LogP contribution in [0.5, 0.6) is 0 Å². The van der Waals surface area contributed by atoms with Crippen molar-refractivity contribution in [1.29, 1.82) is 0 Å². The molecule has 1 nitrogen and oxygen atoms in total. The minimum atomic E-state index is -1.26. The van der Waals surface area contributed by atoms with Crippen molar-refractivity contribution in [2.45, 2.75) is 0 Å². The molecular weight excluding hydrogens is 186 g/mol. The average Bonchev–Trinajstić information content (AvgIpc) is 1.38. The average molecular weight is 188 g/mol. The lowest BCUT2D eigenvalue weighted by molar-refractivity contribution is -0.126. The highest BCUT2D eigenvalue weighted by Crippen LogP contribution is 1.80. The van der Waals surface area contributed by atoms with Crippen LogP contribution in [0.25, 0.3) is 0 Å². The highest BCUT2D eigenvalue weighted by molar-refractivity contribution is 14.1. The Kier molecular flexibility index (Phi) is 2.73. The normalized spacial score (nSPS) is 7.60. The maximum Gasteiger partial charge on any atom is 0.311 e. The smallest absolute Gasteiger partial charge is 0.260 e. The number of hydrogen-bond donors (Lipinski definition) is 0. The molecule has 0 bridgehead atoms. The number of rotatable bonds is 1. The van der Waals surface area contributed by atoms with Gasteiger partial charge in [-0.15, -0.1) is 0 Å². The molecular formula is C2H2FIO. The summed E-state index contributed by atoms with van der Waals surface area (Å²) in [4.78, 5) is 9.14. The van der Waals surface area contributed by atoms with E-state index in [1.807, 2.05) is 0 Å². The van der Waals surface area contributed by atoms with Crippen LogP contribution in [0, 0.1) is 0 Å². The molecule has 0 spiro atoms. The van der Waals surface area contributed by atoms with E-state index in [4.69, 9.17) is 4.79 Å². The highest BCUT2D eigenvalue weighted by Gasteiger charge is 1.85. The number of carbonyl (C=O) groups is 1. The Labute approximate surface area is 42.7 Å². The summed E-state index contributed by atoms with van der Waals surface area (Å²) in [5.74, 6) is 0. The monoisotopic (exact) mass is 188 g/mol. The highest BCUT2D eigenvalue weighted by atomic mass is 127. The van der Waals surface area contributed by atoms with Gasteiger partial charge >= 0.3 is 6.04 Å². The summed E-state index contributed by atoms with van der Waals surface area (Å²) in [5.41, 5.74) is 0. The Morgan fingerprint density at radius 2 is 2.20 bits per heavy atom. The van der Waals surface area contributed by atoms with Crippen LogP contribution < -0.4 is 0 Å². The second-order valence-corrected chi connectivity index (χ2v) is 1.25. The fourth-order valence-corrected chi connectivity index (χ4v) is 0. The van der Waals surface area contributed by atoms with Crippen molar-refractivity contribution in [1.82, 2.24) is 0 Å². The van der Waals surface area contributed by atoms with Crippen molar-refractivity contribution in [2.24, 2.45) is 0 Å². The first kappa shape index (κ1) is 5.33. The van der Waals surface area contributed by atoms with Gasteiger partial charge in [-0.25, -0.2) is 0 Å². The van der Waals surface area contributed by atoms with Crippen LogP contribution in [0.1, 0.15) is 0 Å². The molecule has 0 aliphatic heterocycles. The lowest BCUT2D eigenvalue weighted by atomic mass is 10.9. The quantitative estimate of drug-likeness (QED) is 0.339. The lowest BCUT2D eigenvalue weighted by Crippen LogP contribution is -1.82. The summed E-state index contributed by atoms with van der Waals surface area (Å²) in [6, 6.07) is -1.26. The summed E-state index contributed by atoms with van der Waals surface area (Å²) in [7, 11) is 0. The molecule has 0 saturated carbocycles. The van der Waals surface area contributed by atoms with Gasteiger partial charge in [0.1, 0.15) is 0 Å². The zero-order valence-electron chi connectivity index (χ0n) is 2.37. The third-order valence-electron chi connectivity index (χ3n) is 0.105. The fourth-order valence-electron chi connectivity index (χ4n) is 0. The molecule has 3 heteroatoms. The van der Waals surface area contributed by atoms with Gasteiger partial charge in [0.2, 0.25) is 0 Å². The van der Waals surface area contributed by atoms with Crippen molar-refractivity contribution in [3.05, 3.63) is 0 Å². The van der Waals surface area contributed by atoms with Crippen LogP contribution in [0.15, 0.2) is 0 Å². The van der Waals surface area contributed by atoms with Gasteiger partial charge < -0.3 is 0 Å². The van der Waals surface area contributed by atoms with E-state index < -0.39 is 6.04 Å². The van der Waals surface area contributed by atoms with E-state index >= 15 is 0 Å². The van der Waals surface area contributed by atoms with Crippen LogP contribution in [-0.4, -0.2) is 10.5 Å². The van der Waals surface area contributed by atoms with Crippen molar-refractivity contribution >= 4 is 28.6 Å². The molecule has 5 heavy (non-hydrogen) atoms. The van der Waals surface area contributed by atoms with Gasteiger partial charge in [-0.1, -0.05) is 22.6 Å². The van der Waals surface area contributed by atoms with Gasteiger partial charge in [-0.05, 0) is 0 Å². The van der Waals surface area contributed by atoms with Crippen LogP contribution in [0.2, 0.25) is 0 Å². The predicted octanol–water partition coefficient (Wildman–Crippen LogP) is 0.918. The van der Waals surface area contributed by atoms with Gasteiger partial charge in [-0.2, -0.15) is 4.39 Å².